The average molecular weight is 350 g/mol. The van der Waals surface area contributed by atoms with Crippen molar-refractivity contribution >= 4 is 11.6 Å². The van der Waals surface area contributed by atoms with Crippen molar-refractivity contribution in [1.82, 2.24) is 4.98 Å². The third-order valence-corrected chi connectivity index (χ3v) is 3.66. The second kappa shape index (κ2) is 7.43. The van der Waals surface area contributed by atoms with Crippen LogP contribution in [0.4, 0.5) is 14.5 Å². The predicted octanol–water partition coefficient (Wildman–Crippen LogP) is 2.79. The Hall–Kier alpha value is -2.74. The highest BCUT2D eigenvalue weighted by Gasteiger charge is 2.19. The van der Waals surface area contributed by atoms with E-state index < -0.39 is 17.5 Å². The number of halogens is 2. The summed E-state index contributed by atoms with van der Waals surface area (Å²) in [6.45, 7) is 1.08. The molecule has 1 aromatic carbocycles. The van der Waals surface area contributed by atoms with Gasteiger partial charge in [-0.15, -0.1) is 0 Å². The molecule has 6 nitrogen and oxygen atoms in total. The van der Waals surface area contributed by atoms with Gasteiger partial charge in [-0.1, -0.05) is 0 Å². The maximum absolute atomic E-state index is 13.9. The number of aromatic nitrogens is 1. The molecule has 132 valence electrons. The summed E-state index contributed by atoms with van der Waals surface area (Å²) in [5.74, 6) is -2.17. The van der Waals surface area contributed by atoms with Crippen molar-refractivity contribution < 1.29 is 27.8 Å². The number of anilines is 1. The molecule has 1 atom stereocenters. The summed E-state index contributed by atoms with van der Waals surface area (Å²) in [7, 11) is 1.23. The van der Waals surface area contributed by atoms with E-state index >= 15 is 0 Å². The minimum atomic E-state index is -0.805. The number of benzene rings is 1. The van der Waals surface area contributed by atoms with Gasteiger partial charge in [0, 0.05) is 36.4 Å². The standard InChI is InChI=1S/C17H16F2N2O4/c1-23-15-8-12(18)14(7-13(15)19)21-17(22)10-2-4-20-16(6-10)25-11-3-5-24-9-11/h2,4,6-8,11H,3,5,9H2,1H3,(H,21,22). The molecule has 0 saturated carbocycles. The molecule has 1 fully saturated rings. The molecule has 2 heterocycles. The summed E-state index contributed by atoms with van der Waals surface area (Å²) in [6.07, 6.45) is 2.04. The molecule has 0 spiro atoms. The minimum absolute atomic E-state index is 0.112. The lowest BCUT2D eigenvalue weighted by Crippen LogP contribution is -2.18. The van der Waals surface area contributed by atoms with E-state index in [1.807, 2.05) is 0 Å². The first-order chi connectivity index (χ1) is 12.1. The van der Waals surface area contributed by atoms with Gasteiger partial charge in [-0.05, 0) is 6.07 Å². The van der Waals surface area contributed by atoms with Crippen LogP contribution in [0.1, 0.15) is 16.8 Å². The lowest BCUT2D eigenvalue weighted by atomic mass is 10.2. The number of carbonyl (C=O) groups is 1. The lowest BCUT2D eigenvalue weighted by Gasteiger charge is -2.12. The molecule has 0 radical (unpaired) electrons. The van der Waals surface area contributed by atoms with Crippen LogP contribution in [0, 0.1) is 11.6 Å². The molecule has 0 aliphatic carbocycles. The van der Waals surface area contributed by atoms with Gasteiger partial charge in [0.05, 0.1) is 26.0 Å². The topological polar surface area (TPSA) is 69.7 Å². The van der Waals surface area contributed by atoms with Gasteiger partial charge in [0.15, 0.2) is 17.4 Å². The summed E-state index contributed by atoms with van der Waals surface area (Å²) >= 11 is 0. The molecule has 8 heteroatoms. The molecule has 25 heavy (non-hydrogen) atoms. The minimum Gasteiger partial charge on any atom is -0.494 e. The van der Waals surface area contributed by atoms with Gasteiger partial charge >= 0.3 is 0 Å². The van der Waals surface area contributed by atoms with Crippen molar-refractivity contribution in [3.8, 4) is 11.6 Å². The molecular weight excluding hydrogens is 334 g/mol. The lowest BCUT2D eigenvalue weighted by molar-refractivity contribution is 0.102. The number of hydrogen-bond acceptors (Lipinski definition) is 5. The van der Waals surface area contributed by atoms with E-state index in [4.69, 9.17) is 9.47 Å². The fourth-order valence-electron chi connectivity index (χ4n) is 2.37. The first-order valence-electron chi connectivity index (χ1n) is 7.61. The van der Waals surface area contributed by atoms with Gasteiger partial charge < -0.3 is 19.5 Å². The molecule has 1 unspecified atom stereocenters. The third-order valence-electron chi connectivity index (χ3n) is 3.66. The van der Waals surface area contributed by atoms with Crippen LogP contribution in [-0.2, 0) is 4.74 Å². The van der Waals surface area contributed by atoms with Gasteiger partial charge in [-0.25, -0.2) is 13.8 Å². The van der Waals surface area contributed by atoms with E-state index in [1.54, 1.807) is 0 Å². The van der Waals surface area contributed by atoms with Gasteiger partial charge in [0.2, 0.25) is 5.88 Å². The fourth-order valence-corrected chi connectivity index (χ4v) is 2.37. The number of methoxy groups -OCH3 is 1. The Bertz CT molecular complexity index is 779. The van der Waals surface area contributed by atoms with Crippen LogP contribution in [-0.4, -0.2) is 37.3 Å². The first kappa shape index (κ1) is 17.1. The van der Waals surface area contributed by atoms with E-state index in [0.29, 0.717) is 13.2 Å². The largest absolute Gasteiger partial charge is 0.494 e. The predicted molar refractivity (Wildman–Crippen MR) is 85.0 cm³/mol. The fraction of sp³-hybridized carbons (Fsp3) is 0.294. The normalized spacial score (nSPS) is 16.5. The number of nitrogens with one attached hydrogen (secondary N) is 1. The molecule has 3 rings (SSSR count). The van der Waals surface area contributed by atoms with Gasteiger partial charge in [0.25, 0.3) is 5.91 Å². The smallest absolute Gasteiger partial charge is 0.255 e. The maximum Gasteiger partial charge on any atom is 0.255 e. The second-order valence-electron chi connectivity index (χ2n) is 5.41. The van der Waals surface area contributed by atoms with Crippen LogP contribution in [0.25, 0.3) is 0 Å². The number of carbonyl (C=O) groups excluding carboxylic acids is 1. The summed E-state index contributed by atoms with van der Waals surface area (Å²) in [6, 6.07) is 4.61. The van der Waals surface area contributed by atoms with E-state index in [9.17, 15) is 13.6 Å². The summed E-state index contributed by atoms with van der Waals surface area (Å²) in [5, 5.41) is 2.32. The van der Waals surface area contributed by atoms with Crippen molar-refractivity contribution in [1.29, 1.82) is 0 Å². The molecule has 1 aliphatic rings. The molecule has 1 N–H and O–H groups in total. The third kappa shape index (κ3) is 4.03. The maximum atomic E-state index is 13.9. The monoisotopic (exact) mass is 350 g/mol. The van der Waals surface area contributed by atoms with E-state index in [0.717, 1.165) is 18.6 Å². The number of nitrogens with zero attached hydrogens (tertiary/aromatic N) is 1. The van der Waals surface area contributed by atoms with Crippen molar-refractivity contribution in [2.24, 2.45) is 0 Å². The average Bonchev–Trinajstić information content (AvgIpc) is 3.11. The van der Waals surface area contributed by atoms with E-state index in [-0.39, 0.29) is 29.0 Å². The highest BCUT2D eigenvalue weighted by molar-refractivity contribution is 6.04. The number of pyridine rings is 1. The first-order valence-corrected chi connectivity index (χ1v) is 7.61. The van der Waals surface area contributed by atoms with Gasteiger partial charge in [0.1, 0.15) is 6.10 Å². The summed E-state index contributed by atoms with van der Waals surface area (Å²) < 4.78 is 43.1. The molecule has 1 saturated heterocycles. The number of amides is 1. The SMILES string of the molecule is COc1cc(F)c(NC(=O)c2ccnc(OC3CCOC3)c2)cc1F. The Morgan fingerprint density at radius 3 is 2.88 bits per heavy atom. The van der Waals surface area contributed by atoms with Crippen LogP contribution >= 0.6 is 0 Å². The quantitative estimate of drug-likeness (QED) is 0.898. The number of rotatable bonds is 5. The zero-order valence-electron chi connectivity index (χ0n) is 13.4. The highest BCUT2D eigenvalue weighted by Crippen LogP contribution is 2.25. The highest BCUT2D eigenvalue weighted by atomic mass is 19.1. The molecule has 0 bridgehead atoms. The summed E-state index contributed by atoms with van der Waals surface area (Å²) in [4.78, 5) is 16.3. The molecule has 1 amide bonds. The van der Waals surface area contributed by atoms with Gasteiger partial charge in [-0.3, -0.25) is 4.79 Å². The van der Waals surface area contributed by atoms with E-state index in [1.165, 1.54) is 25.4 Å². The summed E-state index contributed by atoms with van der Waals surface area (Å²) in [5.41, 5.74) is -0.0775. The molecule has 2 aromatic rings. The second-order valence-corrected chi connectivity index (χ2v) is 5.41. The Kier molecular flexibility index (Phi) is 5.08. The van der Waals surface area contributed by atoms with Crippen LogP contribution in [0.5, 0.6) is 11.6 Å². The Morgan fingerprint density at radius 1 is 1.32 bits per heavy atom. The van der Waals surface area contributed by atoms with Gasteiger partial charge in [-0.2, -0.15) is 0 Å². The zero-order valence-corrected chi connectivity index (χ0v) is 13.4. The Morgan fingerprint density at radius 2 is 2.16 bits per heavy atom. The van der Waals surface area contributed by atoms with Crippen molar-refractivity contribution in [3.05, 3.63) is 47.7 Å². The van der Waals surface area contributed by atoms with Crippen LogP contribution in [0.3, 0.4) is 0 Å². The zero-order chi connectivity index (χ0) is 17.8. The van der Waals surface area contributed by atoms with E-state index in [2.05, 4.69) is 15.0 Å². The van der Waals surface area contributed by atoms with Crippen LogP contribution in [0.2, 0.25) is 0 Å². The van der Waals surface area contributed by atoms with Crippen LogP contribution in [0.15, 0.2) is 30.5 Å². The van der Waals surface area contributed by atoms with Crippen molar-refractivity contribution in [2.45, 2.75) is 12.5 Å². The number of ether oxygens (including phenoxy) is 3. The number of hydrogen-bond donors (Lipinski definition) is 1. The molecular formula is C17H16F2N2O4. The van der Waals surface area contributed by atoms with Crippen molar-refractivity contribution in [2.75, 3.05) is 25.6 Å². The molecule has 1 aliphatic heterocycles. The Balaban J connectivity index is 1.74. The molecule has 1 aromatic heterocycles. The van der Waals surface area contributed by atoms with Crippen molar-refractivity contribution in [3.63, 3.8) is 0 Å². The Labute approximate surface area is 142 Å². The van der Waals surface area contributed by atoms with Crippen LogP contribution < -0.4 is 14.8 Å².